The van der Waals surface area contributed by atoms with Crippen molar-refractivity contribution in [2.45, 2.75) is 32.4 Å². The molecular weight excluding hydrogens is 412 g/mol. The van der Waals surface area contributed by atoms with Gasteiger partial charge in [0.25, 0.3) is 5.91 Å². The number of hydrogen-bond donors (Lipinski definition) is 3. The predicted octanol–water partition coefficient (Wildman–Crippen LogP) is 4.85. The van der Waals surface area contributed by atoms with Crippen LogP contribution in [0.1, 0.15) is 45.9 Å². The van der Waals surface area contributed by atoms with Crippen molar-refractivity contribution in [3.8, 4) is 5.75 Å². The van der Waals surface area contributed by atoms with Gasteiger partial charge in [0.2, 0.25) is 0 Å². The standard InChI is InChI=1S/C17H16BrClN2O2S/c1-7-2-3-9-12(4-7)24-17-13(9)16(23)20-15(21-17)10-5-8(19)6-11(18)14(10)22/h5-7,15,21-22H,2-4H2,1H3,(H,20,23)/t7-,15-/m0/s1. The predicted molar refractivity (Wildman–Crippen MR) is 100 cm³/mol. The summed E-state index contributed by atoms with van der Waals surface area (Å²) in [5.41, 5.74) is 2.51. The maximum atomic E-state index is 12.7. The Morgan fingerprint density at radius 1 is 1.38 bits per heavy atom. The smallest absolute Gasteiger partial charge is 0.256 e. The second kappa shape index (κ2) is 5.93. The summed E-state index contributed by atoms with van der Waals surface area (Å²) in [6, 6.07) is 3.29. The second-order valence-electron chi connectivity index (χ2n) is 6.43. The Hall–Kier alpha value is -1.24. The van der Waals surface area contributed by atoms with Gasteiger partial charge < -0.3 is 15.7 Å². The van der Waals surface area contributed by atoms with Crippen LogP contribution in [-0.2, 0) is 12.8 Å². The fourth-order valence-electron chi connectivity index (χ4n) is 3.42. The van der Waals surface area contributed by atoms with Crippen LogP contribution in [0.2, 0.25) is 5.02 Å². The largest absolute Gasteiger partial charge is 0.506 e. The SMILES string of the molecule is C[C@H]1CCc2c(sc3c2C(=O)N[C@H](c2cc(Cl)cc(Br)c2O)N3)C1. The lowest BCUT2D eigenvalue weighted by Gasteiger charge is -2.27. The molecule has 1 amide bonds. The second-order valence-corrected chi connectivity index (χ2v) is 8.83. The first-order chi connectivity index (χ1) is 11.4. The molecule has 2 aromatic rings. The quantitative estimate of drug-likeness (QED) is 0.610. The molecular formula is C17H16BrClN2O2S. The Balaban J connectivity index is 1.74. The first-order valence-corrected chi connectivity index (χ1v) is 9.82. The number of phenolic OH excluding ortho intramolecular Hbond substituents is 1. The van der Waals surface area contributed by atoms with Crippen molar-refractivity contribution in [2.75, 3.05) is 5.32 Å². The zero-order chi connectivity index (χ0) is 17.0. The van der Waals surface area contributed by atoms with E-state index in [0.717, 1.165) is 29.8 Å². The van der Waals surface area contributed by atoms with E-state index in [-0.39, 0.29) is 11.7 Å². The van der Waals surface area contributed by atoms with Gasteiger partial charge in [0.05, 0.1) is 10.0 Å². The summed E-state index contributed by atoms with van der Waals surface area (Å²) in [4.78, 5) is 14.0. The molecule has 24 heavy (non-hydrogen) atoms. The summed E-state index contributed by atoms with van der Waals surface area (Å²) >= 11 is 11.0. The zero-order valence-corrected chi connectivity index (χ0v) is 16.1. The molecule has 1 aromatic heterocycles. The summed E-state index contributed by atoms with van der Waals surface area (Å²) in [7, 11) is 0. The third-order valence-corrected chi connectivity index (χ3v) is 6.67. The van der Waals surface area contributed by atoms with Crippen molar-refractivity contribution in [1.82, 2.24) is 5.32 Å². The third kappa shape index (κ3) is 2.61. The number of anilines is 1. The van der Waals surface area contributed by atoms with Gasteiger partial charge in [-0.3, -0.25) is 4.79 Å². The highest BCUT2D eigenvalue weighted by Gasteiger charge is 2.34. The molecule has 2 atom stereocenters. The monoisotopic (exact) mass is 426 g/mol. The molecule has 0 saturated heterocycles. The molecule has 1 aromatic carbocycles. The number of rotatable bonds is 1. The van der Waals surface area contributed by atoms with Gasteiger partial charge in [-0.2, -0.15) is 0 Å². The van der Waals surface area contributed by atoms with E-state index in [1.54, 1.807) is 23.5 Å². The number of thiophene rings is 1. The Morgan fingerprint density at radius 3 is 2.96 bits per heavy atom. The number of halogens is 2. The summed E-state index contributed by atoms with van der Waals surface area (Å²) in [5.74, 6) is 0.649. The van der Waals surface area contributed by atoms with Gasteiger partial charge in [-0.25, -0.2) is 0 Å². The van der Waals surface area contributed by atoms with E-state index in [2.05, 4.69) is 33.5 Å². The number of amides is 1. The van der Waals surface area contributed by atoms with Gasteiger partial charge in [0, 0.05) is 15.5 Å². The van der Waals surface area contributed by atoms with Crippen LogP contribution in [0, 0.1) is 5.92 Å². The number of carbonyl (C=O) groups is 1. The minimum absolute atomic E-state index is 0.0793. The van der Waals surface area contributed by atoms with E-state index >= 15 is 0 Å². The topological polar surface area (TPSA) is 61.4 Å². The van der Waals surface area contributed by atoms with Crippen molar-refractivity contribution in [3.05, 3.63) is 43.2 Å². The number of phenols is 1. The zero-order valence-electron chi connectivity index (χ0n) is 13.0. The van der Waals surface area contributed by atoms with Gasteiger partial charge in [-0.15, -0.1) is 11.3 Å². The van der Waals surface area contributed by atoms with E-state index < -0.39 is 6.17 Å². The average molecular weight is 428 g/mol. The first-order valence-electron chi connectivity index (χ1n) is 7.84. The Kier molecular flexibility index (Phi) is 4.01. The minimum Gasteiger partial charge on any atom is -0.506 e. The van der Waals surface area contributed by atoms with Crippen LogP contribution in [0.25, 0.3) is 0 Å². The van der Waals surface area contributed by atoms with Gasteiger partial charge in [0.1, 0.15) is 16.9 Å². The number of benzene rings is 1. The van der Waals surface area contributed by atoms with E-state index in [9.17, 15) is 9.90 Å². The lowest BCUT2D eigenvalue weighted by Crippen LogP contribution is -2.38. The maximum absolute atomic E-state index is 12.7. The van der Waals surface area contributed by atoms with Crippen LogP contribution >= 0.6 is 38.9 Å². The van der Waals surface area contributed by atoms with E-state index in [1.807, 2.05) is 0 Å². The number of hydrogen-bond acceptors (Lipinski definition) is 4. The number of nitrogens with one attached hydrogen (secondary N) is 2. The molecule has 4 nitrogen and oxygen atoms in total. The molecule has 126 valence electrons. The first kappa shape index (κ1) is 16.2. The number of aromatic hydroxyl groups is 1. The molecule has 1 aliphatic carbocycles. The summed E-state index contributed by atoms with van der Waals surface area (Å²) in [5, 5.41) is 18.0. The Morgan fingerprint density at radius 2 is 2.17 bits per heavy atom. The van der Waals surface area contributed by atoms with E-state index in [4.69, 9.17) is 11.6 Å². The Bertz CT molecular complexity index is 852. The molecule has 0 bridgehead atoms. The third-order valence-electron chi connectivity index (χ3n) is 4.66. The highest BCUT2D eigenvalue weighted by Crippen LogP contribution is 2.44. The van der Waals surface area contributed by atoms with Crippen LogP contribution in [0.5, 0.6) is 5.75 Å². The molecule has 7 heteroatoms. The van der Waals surface area contributed by atoms with E-state index in [1.165, 1.54) is 10.4 Å². The van der Waals surface area contributed by atoms with Crippen LogP contribution < -0.4 is 10.6 Å². The normalized spacial score (nSPS) is 22.4. The highest BCUT2D eigenvalue weighted by atomic mass is 79.9. The van der Waals surface area contributed by atoms with Crippen molar-refractivity contribution >= 4 is 49.8 Å². The summed E-state index contributed by atoms with van der Waals surface area (Å²) in [6.07, 6.45) is 2.60. The summed E-state index contributed by atoms with van der Waals surface area (Å²) < 4.78 is 0.506. The maximum Gasteiger partial charge on any atom is 0.256 e. The molecule has 3 N–H and O–H groups in total. The molecule has 0 fully saturated rings. The summed E-state index contributed by atoms with van der Waals surface area (Å²) in [6.45, 7) is 2.25. The number of carbonyl (C=O) groups excluding carboxylic acids is 1. The van der Waals surface area contributed by atoms with Crippen molar-refractivity contribution in [2.24, 2.45) is 5.92 Å². The van der Waals surface area contributed by atoms with Gasteiger partial charge in [-0.05, 0) is 58.8 Å². The van der Waals surface area contributed by atoms with Crippen molar-refractivity contribution in [1.29, 1.82) is 0 Å². The Labute approximate surface area is 157 Å². The average Bonchev–Trinajstić information content (AvgIpc) is 2.88. The fraction of sp³-hybridized carbons (Fsp3) is 0.353. The van der Waals surface area contributed by atoms with Gasteiger partial charge >= 0.3 is 0 Å². The van der Waals surface area contributed by atoms with Crippen LogP contribution in [-0.4, -0.2) is 11.0 Å². The molecule has 0 saturated carbocycles. The fourth-order valence-corrected chi connectivity index (χ4v) is 5.69. The van der Waals surface area contributed by atoms with E-state index in [0.29, 0.717) is 21.0 Å². The van der Waals surface area contributed by atoms with Gasteiger partial charge in [0.15, 0.2) is 0 Å². The van der Waals surface area contributed by atoms with Crippen molar-refractivity contribution < 1.29 is 9.90 Å². The molecule has 0 unspecified atom stereocenters. The number of fused-ring (bicyclic) bond motifs is 3. The molecule has 0 spiro atoms. The van der Waals surface area contributed by atoms with Crippen LogP contribution in [0.15, 0.2) is 16.6 Å². The molecule has 2 aliphatic rings. The van der Waals surface area contributed by atoms with Crippen LogP contribution in [0.4, 0.5) is 5.00 Å². The molecule has 4 rings (SSSR count). The van der Waals surface area contributed by atoms with Crippen LogP contribution in [0.3, 0.4) is 0 Å². The highest BCUT2D eigenvalue weighted by molar-refractivity contribution is 9.10. The minimum atomic E-state index is -0.502. The molecule has 0 radical (unpaired) electrons. The lowest BCUT2D eigenvalue weighted by atomic mass is 9.88. The van der Waals surface area contributed by atoms with Crippen molar-refractivity contribution in [3.63, 3.8) is 0 Å². The van der Waals surface area contributed by atoms with Gasteiger partial charge in [-0.1, -0.05) is 18.5 Å². The molecule has 2 heterocycles. The lowest BCUT2D eigenvalue weighted by molar-refractivity contribution is 0.0935. The molecule has 1 aliphatic heterocycles.